The highest BCUT2D eigenvalue weighted by atomic mass is 35.7. The zero-order valence-corrected chi connectivity index (χ0v) is 10.0. The molecule has 9 heteroatoms. The number of hydrogen-bond donors (Lipinski definition) is 1. The number of rotatable bonds is 3. The molecule has 0 saturated heterocycles. The van der Waals surface area contributed by atoms with E-state index in [0.717, 1.165) is 16.3 Å². The molecule has 0 bridgehead atoms. The number of H-pyrrole nitrogens is 1. The third kappa shape index (κ3) is 2.97. The predicted molar refractivity (Wildman–Crippen MR) is 59.4 cm³/mol. The van der Waals surface area contributed by atoms with Gasteiger partial charge in [0.25, 0.3) is 14.6 Å². The van der Waals surface area contributed by atoms with Crippen molar-refractivity contribution in [3.8, 4) is 0 Å². The van der Waals surface area contributed by atoms with Crippen LogP contribution in [0.1, 0.15) is 0 Å². The number of aromatic amines is 1. The van der Waals surface area contributed by atoms with E-state index >= 15 is 0 Å². The number of aromatic nitrogens is 2. The van der Waals surface area contributed by atoms with Crippen molar-refractivity contribution in [2.24, 2.45) is 0 Å². The number of allylic oxidation sites excluding steroid dienone is 1. The van der Waals surface area contributed by atoms with Crippen molar-refractivity contribution >= 4 is 31.3 Å². The molecule has 0 radical (unpaired) electrons. The molecule has 1 rings (SSSR count). The van der Waals surface area contributed by atoms with E-state index in [4.69, 9.17) is 22.3 Å². The van der Waals surface area contributed by atoms with Gasteiger partial charge in [0.05, 0.1) is 0 Å². The molecule has 6 nitrogen and oxygen atoms in total. The smallest absolute Gasteiger partial charge is 0.295 e. The van der Waals surface area contributed by atoms with Crippen LogP contribution in [-0.2, 0) is 15.6 Å². The van der Waals surface area contributed by atoms with Crippen molar-refractivity contribution < 1.29 is 8.42 Å². The Morgan fingerprint density at radius 3 is 2.56 bits per heavy atom. The summed E-state index contributed by atoms with van der Waals surface area (Å²) in [6, 6.07) is 0. The minimum atomic E-state index is -4.19. The van der Waals surface area contributed by atoms with Gasteiger partial charge in [-0.3, -0.25) is 14.3 Å². The van der Waals surface area contributed by atoms with Crippen LogP contribution in [-0.4, -0.2) is 18.0 Å². The first-order chi connectivity index (χ1) is 7.36. The fourth-order valence-corrected chi connectivity index (χ4v) is 1.89. The van der Waals surface area contributed by atoms with Gasteiger partial charge >= 0.3 is 5.69 Å². The van der Waals surface area contributed by atoms with Crippen molar-refractivity contribution in [3.63, 3.8) is 0 Å². The standard InChI is InChI=1S/C7H6Cl2N2O4S/c8-2-1-3-11-4-5(16(9,14)15)6(12)10-7(11)13/h1-2,4H,3H2,(H,10,12,13)/b2-1+. The molecule has 1 heterocycles. The Morgan fingerprint density at radius 1 is 1.44 bits per heavy atom. The van der Waals surface area contributed by atoms with Gasteiger partial charge in [0, 0.05) is 29.0 Å². The maximum absolute atomic E-state index is 11.2. The molecular weight excluding hydrogens is 279 g/mol. The van der Waals surface area contributed by atoms with Gasteiger partial charge in [-0.1, -0.05) is 17.7 Å². The second-order valence-corrected chi connectivity index (χ2v) is 5.49. The van der Waals surface area contributed by atoms with Gasteiger partial charge in [0.15, 0.2) is 4.90 Å². The van der Waals surface area contributed by atoms with Crippen LogP contribution in [0.4, 0.5) is 0 Å². The van der Waals surface area contributed by atoms with Crippen molar-refractivity contribution in [1.29, 1.82) is 0 Å². The second-order valence-electron chi connectivity index (χ2n) is 2.70. The lowest BCUT2D eigenvalue weighted by Crippen LogP contribution is -2.31. The van der Waals surface area contributed by atoms with Gasteiger partial charge in [0.2, 0.25) is 0 Å². The summed E-state index contributed by atoms with van der Waals surface area (Å²) in [5, 5.41) is 0. The Morgan fingerprint density at radius 2 is 2.06 bits per heavy atom. The molecule has 16 heavy (non-hydrogen) atoms. The molecule has 0 spiro atoms. The lowest BCUT2D eigenvalue weighted by atomic mass is 10.5. The fourth-order valence-electron chi connectivity index (χ4n) is 0.952. The van der Waals surface area contributed by atoms with E-state index in [-0.39, 0.29) is 6.54 Å². The molecule has 0 amide bonds. The van der Waals surface area contributed by atoms with Crippen LogP contribution in [0.5, 0.6) is 0 Å². The van der Waals surface area contributed by atoms with Crippen LogP contribution in [0.25, 0.3) is 0 Å². The molecule has 0 aliphatic carbocycles. The number of nitrogens with zero attached hydrogens (tertiary/aromatic N) is 1. The van der Waals surface area contributed by atoms with Crippen LogP contribution in [0.2, 0.25) is 0 Å². The Bertz CT molecular complexity index is 629. The molecule has 0 saturated carbocycles. The van der Waals surface area contributed by atoms with E-state index in [2.05, 4.69) is 0 Å². The molecule has 0 aliphatic heterocycles. The minimum Gasteiger partial charge on any atom is -0.295 e. The Hall–Kier alpha value is -1.05. The Labute approximate surface area is 99.5 Å². The first-order valence-corrected chi connectivity index (χ1v) is 6.64. The number of hydrogen-bond acceptors (Lipinski definition) is 4. The largest absolute Gasteiger partial charge is 0.328 e. The third-order valence-electron chi connectivity index (χ3n) is 1.63. The first kappa shape index (κ1) is 13.0. The summed E-state index contributed by atoms with van der Waals surface area (Å²) in [6.45, 7) is 0.0263. The maximum atomic E-state index is 11.2. The van der Waals surface area contributed by atoms with E-state index in [0.29, 0.717) is 0 Å². The number of halogens is 2. The summed E-state index contributed by atoms with van der Waals surface area (Å²) in [5.74, 6) is 0. The molecule has 0 atom stereocenters. The van der Waals surface area contributed by atoms with Crippen LogP contribution in [0, 0.1) is 0 Å². The summed E-state index contributed by atoms with van der Waals surface area (Å²) < 4.78 is 22.9. The zero-order chi connectivity index (χ0) is 12.3. The summed E-state index contributed by atoms with van der Waals surface area (Å²) in [4.78, 5) is 23.5. The number of nitrogens with one attached hydrogen (secondary N) is 1. The molecule has 1 N–H and O–H groups in total. The zero-order valence-electron chi connectivity index (χ0n) is 7.68. The van der Waals surface area contributed by atoms with Gasteiger partial charge in [-0.2, -0.15) is 0 Å². The fraction of sp³-hybridized carbons (Fsp3) is 0.143. The highest BCUT2D eigenvalue weighted by molar-refractivity contribution is 8.13. The maximum Gasteiger partial charge on any atom is 0.328 e. The lowest BCUT2D eigenvalue weighted by molar-refractivity contribution is 0.603. The van der Waals surface area contributed by atoms with E-state index in [1.807, 2.05) is 4.98 Å². The summed E-state index contributed by atoms with van der Waals surface area (Å²) in [6.07, 6.45) is 2.26. The van der Waals surface area contributed by atoms with Crippen LogP contribution >= 0.6 is 22.3 Å². The molecule has 0 aromatic carbocycles. The van der Waals surface area contributed by atoms with E-state index in [1.54, 1.807) is 0 Å². The van der Waals surface area contributed by atoms with Crippen molar-refractivity contribution in [2.45, 2.75) is 11.4 Å². The molecule has 0 unspecified atom stereocenters. The van der Waals surface area contributed by atoms with Crippen LogP contribution < -0.4 is 11.2 Å². The quantitative estimate of drug-likeness (QED) is 0.804. The van der Waals surface area contributed by atoms with Gasteiger partial charge in [-0.15, -0.1) is 0 Å². The van der Waals surface area contributed by atoms with Crippen LogP contribution in [0.15, 0.2) is 32.3 Å². The van der Waals surface area contributed by atoms with Crippen molar-refractivity contribution in [3.05, 3.63) is 38.6 Å². The highest BCUT2D eigenvalue weighted by Crippen LogP contribution is 2.07. The van der Waals surface area contributed by atoms with Gasteiger partial charge in [0.1, 0.15) is 0 Å². The predicted octanol–water partition coefficient (Wildman–Crippen LogP) is 0.217. The Kier molecular flexibility index (Phi) is 3.95. The normalized spacial score (nSPS) is 12.1. The molecule has 0 fully saturated rings. The van der Waals surface area contributed by atoms with Gasteiger partial charge in [-0.05, 0) is 0 Å². The van der Waals surface area contributed by atoms with Gasteiger partial charge in [-0.25, -0.2) is 13.2 Å². The summed E-state index contributed by atoms with van der Waals surface area (Å²) in [7, 11) is 0.829. The third-order valence-corrected chi connectivity index (χ3v) is 3.13. The summed E-state index contributed by atoms with van der Waals surface area (Å²) >= 11 is 5.25. The van der Waals surface area contributed by atoms with Crippen molar-refractivity contribution in [1.82, 2.24) is 9.55 Å². The topological polar surface area (TPSA) is 89.0 Å². The molecule has 88 valence electrons. The van der Waals surface area contributed by atoms with E-state index in [9.17, 15) is 18.0 Å². The first-order valence-electron chi connectivity index (χ1n) is 3.90. The van der Waals surface area contributed by atoms with Gasteiger partial charge < -0.3 is 0 Å². The molecule has 0 aliphatic rings. The second kappa shape index (κ2) is 4.86. The Balaban J connectivity index is 3.45. The molecule has 1 aromatic heterocycles. The monoisotopic (exact) mass is 284 g/mol. The van der Waals surface area contributed by atoms with Crippen LogP contribution in [0.3, 0.4) is 0 Å². The van der Waals surface area contributed by atoms with Crippen molar-refractivity contribution in [2.75, 3.05) is 0 Å². The SMILES string of the molecule is O=c1[nH]c(=O)n(C/C=C/Cl)cc1S(=O)(=O)Cl. The lowest BCUT2D eigenvalue weighted by Gasteiger charge is -2.02. The average molecular weight is 285 g/mol. The minimum absolute atomic E-state index is 0.0263. The molecule has 1 aromatic rings. The molecular formula is C7H6Cl2N2O4S. The summed E-state index contributed by atoms with van der Waals surface area (Å²) in [5.41, 5.74) is -0.637. The van der Waals surface area contributed by atoms with E-state index < -0.39 is 25.2 Å². The average Bonchev–Trinajstić information content (AvgIpc) is 2.14. The highest BCUT2D eigenvalue weighted by Gasteiger charge is 2.16. The van der Waals surface area contributed by atoms with E-state index in [1.165, 1.54) is 6.08 Å².